The number of hydrogen-bond donors (Lipinski definition) is 3. The van der Waals surface area contributed by atoms with Crippen molar-refractivity contribution < 1.29 is 14.7 Å². The van der Waals surface area contributed by atoms with Crippen molar-refractivity contribution in [3.8, 4) is 0 Å². The largest absolute Gasteiger partial charge is 0.241 e. The van der Waals surface area contributed by atoms with Crippen LogP contribution in [-0.2, 0) is 0 Å². The van der Waals surface area contributed by atoms with E-state index in [2.05, 4.69) is 53.8 Å². The van der Waals surface area contributed by atoms with Crippen LogP contribution in [0, 0.1) is 12.3 Å². The van der Waals surface area contributed by atoms with Gasteiger partial charge in [-0.3, -0.25) is 0 Å². The van der Waals surface area contributed by atoms with Crippen LogP contribution in [-0.4, -0.2) is 51.6 Å². The van der Waals surface area contributed by atoms with E-state index in [0.717, 1.165) is 0 Å². The van der Waals surface area contributed by atoms with E-state index in [0.29, 0.717) is 0 Å². The molecule has 0 radical (unpaired) electrons. The Morgan fingerprint density at radius 1 is 1.00 bits per heavy atom. The summed E-state index contributed by atoms with van der Waals surface area (Å²) in [6.45, 7) is 9.52. The summed E-state index contributed by atoms with van der Waals surface area (Å²) in [5.41, 5.74) is 3.84. The molecule has 1 aromatic carbocycles. The summed E-state index contributed by atoms with van der Waals surface area (Å²) >= 11 is 1.73. The molecule has 4 aliphatic rings. The molecule has 0 saturated carbocycles. The summed E-state index contributed by atoms with van der Waals surface area (Å²) in [5.74, 6) is 0. The van der Waals surface area contributed by atoms with Crippen molar-refractivity contribution >= 4 is 23.3 Å². The highest BCUT2D eigenvalue weighted by Gasteiger charge is 2.60. The van der Waals surface area contributed by atoms with Gasteiger partial charge in [0.05, 0.1) is 16.8 Å². The zero-order valence-electron chi connectivity index (χ0n) is 15.2. The van der Waals surface area contributed by atoms with Gasteiger partial charge >= 0.3 is 0 Å². The highest BCUT2D eigenvalue weighted by molar-refractivity contribution is 7.11. The maximum Gasteiger partial charge on any atom is 0.213 e. The van der Waals surface area contributed by atoms with Crippen LogP contribution < -0.4 is 14.7 Å². The van der Waals surface area contributed by atoms with E-state index in [1.807, 2.05) is 6.21 Å². The standard InChI is InChI=1S/C20H23N5S/c1-16-7-8-26-18(16)9-21-22-19(17-5-3-2-4-6-17)20-10-23-13-24(11-20)15-25(12-20)14-23/h2-9H,10-15H2,1H3/p+3/b21-9-,22-19+. The molecule has 3 N–H and O–H groups in total. The predicted molar refractivity (Wildman–Crippen MR) is 104 cm³/mol. The van der Waals surface area contributed by atoms with Crippen LogP contribution in [0.4, 0.5) is 0 Å². The van der Waals surface area contributed by atoms with Gasteiger partial charge in [-0.25, -0.2) is 14.7 Å². The quantitative estimate of drug-likeness (QED) is 0.431. The Labute approximate surface area is 158 Å². The Morgan fingerprint density at radius 2 is 1.65 bits per heavy atom. The fraction of sp³-hybridized carbons (Fsp3) is 0.400. The molecule has 4 aliphatic heterocycles. The Hall–Kier alpha value is -1.86. The van der Waals surface area contributed by atoms with Crippen LogP contribution in [0.25, 0.3) is 0 Å². The maximum atomic E-state index is 4.85. The number of quaternary nitrogens is 3. The van der Waals surface area contributed by atoms with Gasteiger partial charge in [-0.2, -0.15) is 10.2 Å². The third kappa shape index (κ3) is 2.83. The number of rotatable bonds is 4. The monoisotopic (exact) mass is 368 g/mol. The number of benzene rings is 1. The Kier molecular flexibility index (Phi) is 4.01. The summed E-state index contributed by atoms with van der Waals surface area (Å²) in [6, 6.07) is 12.8. The summed E-state index contributed by atoms with van der Waals surface area (Å²) < 4.78 is 0. The third-order valence-electron chi connectivity index (χ3n) is 6.05. The molecule has 2 aromatic rings. The second kappa shape index (κ2) is 6.39. The Balaban J connectivity index is 1.54. The van der Waals surface area contributed by atoms with E-state index in [9.17, 15) is 0 Å². The summed E-state index contributed by atoms with van der Waals surface area (Å²) in [4.78, 5) is 6.37. The van der Waals surface area contributed by atoms with Gasteiger partial charge in [0.1, 0.15) is 19.6 Å². The van der Waals surface area contributed by atoms with Crippen LogP contribution in [0.1, 0.15) is 16.0 Å². The molecule has 0 amide bonds. The number of nitrogens with one attached hydrogen (secondary N) is 3. The number of hydrogen-bond acceptors (Lipinski definition) is 3. The van der Waals surface area contributed by atoms with E-state index in [1.165, 1.54) is 61.4 Å². The lowest BCUT2D eigenvalue weighted by molar-refractivity contribution is -1.30. The van der Waals surface area contributed by atoms with Crippen LogP contribution in [0.5, 0.6) is 0 Å². The second-order valence-electron chi connectivity index (χ2n) is 8.12. The molecule has 26 heavy (non-hydrogen) atoms. The predicted octanol–water partition coefficient (Wildman–Crippen LogP) is -1.57. The molecule has 0 atom stereocenters. The van der Waals surface area contributed by atoms with Crippen molar-refractivity contribution in [2.75, 3.05) is 39.6 Å². The molecule has 5 heterocycles. The molecular formula is C20H26N5S+3. The molecular weight excluding hydrogens is 342 g/mol. The lowest BCUT2D eigenvalue weighted by atomic mass is 9.74. The van der Waals surface area contributed by atoms with Crippen molar-refractivity contribution in [3.05, 3.63) is 57.8 Å². The van der Waals surface area contributed by atoms with Gasteiger partial charge in [0.25, 0.3) is 0 Å². The first-order valence-corrected chi connectivity index (χ1v) is 10.3. The molecule has 0 aliphatic carbocycles. The zero-order valence-corrected chi connectivity index (χ0v) is 16.0. The van der Waals surface area contributed by atoms with Crippen molar-refractivity contribution in [2.45, 2.75) is 6.92 Å². The number of aryl methyl sites for hydroxylation is 1. The first kappa shape index (κ1) is 16.3. The average molecular weight is 369 g/mol. The molecule has 5 nitrogen and oxygen atoms in total. The topological polar surface area (TPSA) is 38.0 Å². The van der Waals surface area contributed by atoms with Crippen molar-refractivity contribution in [1.29, 1.82) is 0 Å². The summed E-state index contributed by atoms with van der Waals surface area (Å²) in [7, 11) is 0. The minimum Gasteiger partial charge on any atom is -0.241 e. The van der Waals surface area contributed by atoms with Crippen LogP contribution >= 0.6 is 11.3 Å². The van der Waals surface area contributed by atoms with Gasteiger partial charge < -0.3 is 0 Å². The smallest absolute Gasteiger partial charge is 0.213 e. The minimum atomic E-state index is 0.151. The molecule has 4 fully saturated rings. The third-order valence-corrected chi connectivity index (χ3v) is 7.00. The van der Waals surface area contributed by atoms with Crippen molar-refractivity contribution in [3.63, 3.8) is 0 Å². The lowest BCUT2D eigenvalue weighted by Crippen LogP contribution is -3.56. The van der Waals surface area contributed by atoms with E-state index >= 15 is 0 Å². The number of nitrogens with zero attached hydrogens (tertiary/aromatic N) is 2. The number of thiophene rings is 1. The normalized spacial score (nSPS) is 33.3. The van der Waals surface area contributed by atoms with Crippen molar-refractivity contribution in [2.24, 2.45) is 15.6 Å². The van der Waals surface area contributed by atoms with Gasteiger partial charge in [-0.05, 0) is 29.5 Å². The fourth-order valence-electron chi connectivity index (χ4n) is 5.22. The van der Waals surface area contributed by atoms with E-state index in [-0.39, 0.29) is 5.41 Å². The highest BCUT2D eigenvalue weighted by Crippen LogP contribution is 2.23. The molecule has 6 rings (SSSR count). The average Bonchev–Trinajstić information content (AvgIpc) is 3.03. The minimum absolute atomic E-state index is 0.151. The van der Waals surface area contributed by atoms with Crippen LogP contribution in [0.15, 0.2) is 52.0 Å². The highest BCUT2D eigenvalue weighted by atomic mass is 32.1. The molecule has 4 bridgehead atoms. The molecule has 0 spiro atoms. The fourth-order valence-corrected chi connectivity index (χ4v) is 6.00. The Bertz CT molecular complexity index is 819. The van der Waals surface area contributed by atoms with Crippen LogP contribution in [0.3, 0.4) is 0 Å². The van der Waals surface area contributed by atoms with E-state index in [1.54, 1.807) is 26.0 Å². The van der Waals surface area contributed by atoms with Gasteiger partial charge in [-0.15, -0.1) is 11.3 Å². The summed E-state index contributed by atoms with van der Waals surface area (Å²) in [5, 5.41) is 11.5. The SMILES string of the molecule is Cc1ccsc1/C=N\N=C(/c1ccccc1)C12C[NH+]3C[NH+](C[NH+](C3)C1)C2. The van der Waals surface area contributed by atoms with E-state index < -0.39 is 0 Å². The first-order valence-electron chi connectivity index (χ1n) is 9.44. The second-order valence-corrected chi connectivity index (χ2v) is 9.07. The summed E-state index contributed by atoms with van der Waals surface area (Å²) in [6.07, 6.45) is 1.93. The first-order chi connectivity index (χ1) is 12.7. The molecule has 6 heteroatoms. The Morgan fingerprint density at radius 3 is 2.23 bits per heavy atom. The zero-order chi connectivity index (χ0) is 17.6. The lowest BCUT2D eigenvalue weighted by Gasteiger charge is -2.52. The van der Waals surface area contributed by atoms with Crippen LogP contribution in [0.2, 0.25) is 0 Å². The molecule has 0 unspecified atom stereocenters. The molecule has 134 valence electrons. The van der Waals surface area contributed by atoms with Gasteiger partial charge in [0.2, 0.25) is 20.0 Å². The van der Waals surface area contributed by atoms with E-state index in [4.69, 9.17) is 5.10 Å². The molecule has 4 saturated heterocycles. The van der Waals surface area contributed by atoms with Gasteiger partial charge in [-0.1, -0.05) is 30.3 Å². The van der Waals surface area contributed by atoms with Gasteiger partial charge in [0.15, 0.2) is 5.41 Å². The van der Waals surface area contributed by atoms with Crippen molar-refractivity contribution in [1.82, 2.24) is 0 Å². The molecule has 1 aromatic heterocycles. The maximum absolute atomic E-state index is 4.85. The van der Waals surface area contributed by atoms with Gasteiger partial charge in [0, 0.05) is 0 Å².